The van der Waals surface area contributed by atoms with Gasteiger partial charge in [-0.2, -0.15) is 9.78 Å². The Labute approximate surface area is 182 Å². The molecule has 5 rings (SSSR count). The highest BCUT2D eigenvalue weighted by molar-refractivity contribution is 6.30. The van der Waals surface area contributed by atoms with E-state index >= 15 is 0 Å². The van der Waals surface area contributed by atoms with Crippen LogP contribution in [0.2, 0.25) is 5.02 Å². The number of rotatable bonds is 4. The summed E-state index contributed by atoms with van der Waals surface area (Å²) in [6, 6.07) is 21.7. The number of nitrogens with zero attached hydrogens (tertiary/aromatic N) is 3. The molecule has 0 spiro atoms. The third-order valence-corrected chi connectivity index (χ3v) is 5.12. The highest BCUT2D eigenvalue weighted by Gasteiger charge is 2.17. The molecule has 0 N–H and O–H groups in total. The molecular weight excluding hydrogens is 414 g/mol. The van der Waals surface area contributed by atoms with Crippen molar-refractivity contribution in [3.8, 4) is 17.3 Å². The maximum absolute atomic E-state index is 13.3. The van der Waals surface area contributed by atoms with Gasteiger partial charge in [-0.25, -0.2) is 4.98 Å². The van der Waals surface area contributed by atoms with Crippen molar-refractivity contribution in [1.29, 1.82) is 0 Å². The number of para-hydroxylation sites is 1. The highest BCUT2D eigenvalue weighted by atomic mass is 35.5. The Hall–Kier alpha value is -3.90. The second-order valence-electron chi connectivity index (χ2n) is 6.85. The smallest absolute Gasteiger partial charge is 0.282 e. The third-order valence-electron chi connectivity index (χ3n) is 4.89. The molecule has 0 atom stereocenters. The molecule has 0 aliphatic rings. The zero-order valence-corrected chi connectivity index (χ0v) is 17.2. The number of hydrogen-bond acceptors (Lipinski definition) is 5. The molecule has 0 bridgehead atoms. The van der Waals surface area contributed by atoms with Crippen LogP contribution in [0.5, 0.6) is 5.75 Å². The van der Waals surface area contributed by atoms with Gasteiger partial charge in [0.15, 0.2) is 5.76 Å². The highest BCUT2D eigenvalue weighted by Crippen LogP contribution is 2.32. The van der Waals surface area contributed by atoms with E-state index in [-0.39, 0.29) is 5.56 Å². The minimum absolute atomic E-state index is 0.292. The van der Waals surface area contributed by atoms with E-state index < -0.39 is 0 Å². The lowest BCUT2D eigenvalue weighted by Crippen LogP contribution is -2.20. The molecule has 0 unspecified atom stereocenters. The minimum Gasteiger partial charge on any atom is -0.496 e. The van der Waals surface area contributed by atoms with Crippen LogP contribution in [0.1, 0.15) is 5.56 Å². The van der Waals surface area contributed by atoms with Gasteiger partial charge in [-0.1, -0.05) is 41.9 Å². The van der Waals surface area contributed by atoms with Crippen LogP contribution < -0.4 is 10.3 Å². The lowest BCUT2D eigenvalue weighted by Gasteiger charge is -2.07. The van der Waals surface area contributed by atoms with Gasteiger partial charge < -0.3 is 9.15 Å². The van der Waals surface area contributed by atoms with E-state index in [0.717, 1.165) is 10.9 Å². The summed E-state index contributed by atoms with van der Waals surface area (Å²) in [6.07, 6.45) is 1.57. The van der Waals surface area contributed by atoms with Crippen molar-refractivity contribution in [2.45, 2.75) is 0 Å². The van der Waals surface area contributed by atoms with Crippen molar-refractivity contribution >= 4 is 39.7 Å². The van der Waals surface area contributed by atoms with Crippen molar-refractivity contribution in [3.63, 3.8) is 0 Å². The van der Waals surface area contributed by atoms with E-state index in [4.69, 9.17) is 20.8 Å². The first-order chi connectivity index (χ1) is 15.1. The molecule has 2 aromatic heterocycles. The Morgan fingerprint density at radius 1 is 1.03 bits per heavy atom. The number of benzene rings is 3. The fourth-order valence-corrected chi connectivity index (χ4v) is 3.62. The van der Waals surface area contributed by atoms with Crippen LogP contribution >= 0.6 is 11.6 Å². The summed E-state index contributed by atoms with van der Waals surface area (Å²) in [4.78, 5) is 17.9. The van der Waals surface area contributed by atoms with Crippen LogP contribution in [-0.4, -0.2) is 23.0 Å². The maximum Gasteiger partial charge on any atom is 0.282 e. The molecule has 0 aliphatic carbocycles. The first-order valence-electron chi connectivity index (χ1n) is 9.53. The van der Waals surface area contributed by atoms with E-state index in [9.17, 15) is 4.79 Å². The summed E-state index contributed by atoms with van der Waals surface area (Å²) in [7, 11) is 1.60. The summed E-state index contributed by atoms with van der Waals surface area (Å²) in [5.41, 5.74) is 1.64. The molecule has 6 nitrogen and oxygen atoms in total. The molecule has 0 amide bonds. The number of fused-ring (bicyclic) bond motifs is 2. The summed E-state index contributed by atoms with van der Waals surface area (Å²) < 4.78 is 12.7. The van der Waals surface area contributed by atoms with Crippen molar-refractivity contribution in [1.82, 2.24) is 9.66 Å². The molecule has 31 heavy (non-hydrogen) atoms. The number of furan rings is 1. The van der Waals surface area contributed by atoms with E-state index in [2.05, 4.69) is 10.1 Å². The van der Waals surface area contributed by atoms with Crippen LogP contribution in [0, 0.1) is 0 Å². The van der Waals surface area contributed by atoms with E-state index in [0.29, 0.717) is 38.8 Å². The van der Waals surface area contributed by atoms with Crippen LogP contribution in [0.25, 0.3) is 33.5 Å². The van der Waals surface area contributed by atoms with Crippen molar-refractivity contribution in [2.75, 3.05) is 7.11 Å². The fraction of sp³-hybridized carbons (Fsp3) is 0.0417. The summed E-state index contributed by atoms with van der Waals surface area (Å²) in [5, 5.41) is 6.25. The quantitative estimate of drug-likeness (QED) is 0.361. The van der Waals surface area contributed by atoms with Gasteiger partial charge in [0.25, 0.3) is 5.56 Å². The third kappa shape index (κ3) is 3.47. The predicted octanol–water partition coefficient (Wildman–Crippen LogP) is 5.35. The molecule has 7 heteroatoms. The summed E-state index contributed by atoms with van der Waals surface area (Å²) in [6.45, 7) is 0. The molecule has 0 saturated heterocycles. The predicted molar refractivity (Wildman–Crippen MR) is 122 cm³/mol. The van der Waals surface area contributed by atoms with Gasteiger partial charge in [-0.15, -0.1) is 0 Å². The Morgan fingerprint density at radius 2 is 1.87 bits per heavy atom. The van der Waals surface area contributed by atoms with Gasteiger partial charge in [-0.05, 0) is 48.0 Å². The van der Waals surface area contributed by atoms with Crippen LogP contribution in [0.15, 0.2) is 87.1 Å². The molecule has 0 aliphatic heterocycles. The molecule has 5 aromatic rings. The lowest BCUT2D eigenvalue weighted by atomic mass is 10.2. The van der Waals surface area contributed by atoms with Gasteiger partial charge in [0.1, 0.15) is 11.3 Å². The van der Waals surface area contributed by atoms with Gasteiger partial charge in [0.05, 0.1) is 29.6 Å². The zero-order valence-electron chi connectivity index (χ0n) is 16.4. The van der Waals surface area contributed by atoms with E-state index in [1.54, 1.807) is 49.7 Å². The van der Waals surface area contributed by atoms with Crippen LogP contribution in [0.4, 0.5) is 0 Å². The molecule has 3 aromatic carbocycles. The Bertz CT molecular complexity index is 1520. The number of methoxy groups -OCH3 is 1. The number of aromatic nitrogens is 2. The van der Waals surface area contributed by atoms with E-state index in [1.807, 2.05) is 36.4 Å². The van der Waals surface area contributed by atoms with Crippen molar-refractivity contribution < 1.29 is 9.15 Å². The minimum atomic E-state index is -0.300. The summed E-state index contributed by atoms with van der Waals surface area (Å²) >= 11 is 6.07. The average Bonchev–Trinajstić information content (AvgIpc) is 3.23. The largest absolute Gasteiger partial charge is 0.496 e. The zero-order chi connectivity index (χ0) is 21.4. The Kier molecular flexibility index (Phi) is 4.76. The molecule has 2 heterocycles. The number of hydrogen-bond donors (Lipinski definition) is 0. The first kappa shape index (κ1) is 19.1. The van der Waals surface area contributed by atoms with Gasteiger partial charge in [0, 0.05) is 5.02 Å². The fourth-order valence-electron chi connectivity index (χ4n) is 3.42. The normalized spacial score (nSPS) is 11.5. The second kappa shape index (κ2) is 7.74. The van der Waals surface area contributed by atoms with Crippen LogP contribution in [0.3, 0.4) is 0 Å². The van der Waals surface area contributed by atoms with Crippen molar-refractivity contribution in [2.24, 2.45) is 5.10 Å². The first-order valence-corrected chi connectivity index (χ1v) is 9.90. The monoisotopic (exact) mass is 429 g/mol. The Morgan fingerprint density at radius 3 is 2.71 bits per heavy atom. The Balaban J connectivity index is 1.75. The number of ether oxygens (including phenoxy) is 1. The van der Waals surface area contributed by atoms with Crippen molar-refractivity contribution in [3.05, 3.63) is 93.7 Å². The standard InChI is InChI=1S/C24H16ClN3O3/c1-30-20-10-5-11-21-18(20)13-22(31-21)23-27-19-9-3-2-8-17(19)24(29)28(23)26-14-15-6-4-7-16(25)12-15/h2-14H,1H3. The van der Waals surface area contributed by atoms with Gasteiger partial charge in [0.2, 0.25) is 5.82 Å². The second-order valence-corrected chi connectivity index (χ2v) is 7.29. The molecule has 152 valence electrons. The molecule has 0 saturated carbocycles. The number of halogens is 1. The maximum atomic E-state index is 13.3. The van der Waals surface area contributed by atoms with E-state index in [1.165, 1.54) is 4.68 Å². The average molecular weight is 430 g/mol. The summed E-state index contributed by atoms with van der Waals surface area (Å²) in [5.74, 6) is 1.37. The molecule has 0 radical (unpaired) electrons. The van der Waals surface area contributed by atoms with Gasteiger partial charge in [-0.3, -0.25) is 4.79 Å². The van der Waals surface area contributed by atoms with Gasteiger partial charge >= 0.3 is 0 Å². The molecular formula is C24H16ClN3O3. The molecule has 0 fully saturated rings. The van der Waals surface area contributed by atoms with Crippen LogP contribution in [-0.2, 0) is 0 Å². The lowest BCUT2D eigenvalue weighted by molar-refractivity contribution is 0.419. The SMILES string of the molecule is COc1cccc2oc(-c3nc4ccccc4c(=O)n3N=Cc3cccc(Cl)c3)cc12. The topological polar surface area (TPSA) is 69.6 Å².